The van der Waals surface area contributed by atoms with Crippen molar-refractivity contribution in [2.45, 2.75) is 26.3 Å². The summed E-state index contributed by atoms with van der Waals surface area (Å²) in [6.45, 7) is 4.40. The van der Waals surface area contributed by atoms with Crippen LogP contribution in [0.4, 0.5) is 16.2 Å². The van der Waals surface area contributed by atoms with E-state index in [0.717, 1.165) is 17.7 Å². The molecule has 0 aliphatic carbocycles. The maximum Gasteiger partial charge on any atom is 0.320 e. The fourth-order valence-electron chi connectivity index (χ4n) is 3.51. The van der Waals surface area contributed by atoms with Crippen molar-refractivity contribution in [3.05, 3.63) is 47.0 Å². The van der Waals surface area contributed by atoms with Crippen LogP contribution in [0.5, 0.6) is 11.5 Å². The van der Waals surface area contributed by atoms with Gasteiger partial charge in [-0.1, -0.05) is 43.6 Å². The van der Waals surface area contributed by atoms with E-state index >= 15 is 0 Å². The van der Waals surface area contributed by atoms with E-state index in [-0.39, 0.29) is 11.8 Å². The molecule has 1 atom stereocenters. The standard InChI is InChI=1S/C22H26ClN3O4/c1-13(2)20(21(27)26-10-9-14-7-5-6-8-17(14)26)25-22(28)24-16-11-15(23)18(29-3)12-19(16)30-4/h5-8,11-13,20H,9-10H2,1-4H3,(H2,24,25,28)/t20-/m0/s1. The number of benzene rings is 2. The average molecular weight is 432 g/mol. The van der Waals surface area contributed by atoms with E-state index in [1.807, 2.05) is 38.1 Å². The van der Waals surface area contributed by atoms with Crippen molar-refractivity contribution in [2.24, 2.45) is 5.92 Å². The molecule has 30 heavy (non-hydrogen) atoms. The highest BCUT2D eigenvalue weighted by Crippen LogP contribution is 2.36. The van der Waals surface area contributed by atoms with E-state index in [1.54, 1.807) is 17.0 Å². The normalized spacial score (nSPS) is 13.6. The van der Waals surface area contributed by atoms with Crippen molar-refractivity contribution in [3.8, 4) is 11.5 Å². The molecule has 2 N–H and O–H groups in total. The zero-order chi connectivity index (χ0) is 21.8. The Hall–Kier alpha value is -2.93. The third kappa shape index (κ3) is 4.46. The molecule has 2 aromatic rings. The van der Waals surface area contributed by atoms with Gasteiger partial charge in [-0.15, -0.1) is 0 Å². The van der Waals surface area contributed by atoms with Gasteiger partial charge in [0.15, 0.2) is 0 Å². The molecule has 0 spiro atoms. The molecule has 1 aliphatic rings. The van der Waals surface area contributed by atoms with Crippen molar-refractivity contribution >= 4 is 34.9 Å². The molecule has 1 aliphatic heterocycles. The molecule has 0 bridgehead atoms. The van der Waals surface area contributed by atoms with Crippen LogP contribution in [-0.4, -0.2) is 38.7 Å². The largest absolute Gasteiger partial charge is 0.495 e. The number of para-hydroxylation sites is 1. The van der Waals surface area contributed by atoms with Crippen LogP contribution >= 0.6 is 11.6 Å². The third-order valence-corrected chi connectivity index (χ3v) is 5.39. The SMILES string of the molecule is COc1cc(OC)c(NC(=O)N[C@H](C(=O)N2CCc3ccccc32)C(C)C)cc1Cl. The summed E-state index contributed by atoms with van der Waals surface area (Å²) in [5, 5.41) is 5.85. The molecular weight excluding hydrogens is 406 g/mol. The summed E-state index contributed by atoms with van der Waals surface area (Å²) >= 11 is 6.17. The lowest BCUT2D eigenvalue weighted by molar-refractivity contribution is -0.121. The third-order valence-electron chi connectivity index (χ3n) is 5.09. The van der Waals surface area contributed by atoms with Gasteiger partial charge in [-0.2, -0.15) is 0 Å². The number of urea groups is 1. The number of amides is 3. The van der Waals surface area contributed by atoms with Gasteiger partial charge >= 0.3 is 6.03 Å². The Morgan fingerprint density at radius 3 is 2.47 bits per heavy atom. The molecule has 2 aromatic carbocycles. The monoisotopic (exact) mass is 431 g/mol. The Morgan fingerprint density at radius 2 is 1.80 bits per heavy atom. The molecule has 160 valence electrons. The number of nitrogens with one attached hydrogen (secondary N) is 2. The van der Waals surface area contributed by atoms with Crippen molar-refractivity contribution < 1.29 is 19.1 Å². The quantitative estimate of drug-likeness (QED) is 0.721. The van der Waals surface area contributed by atoms with Gasteiger partial charge in [0, 0.05) is 18.3 Å². The van der Waals surface area contributed by atoms with Crippen LogP contribution < -0.4 is 25.0 Å². The molecular formula is C22H26ClN3O4. The van der Waals surface area contributed by atoms with Gasteiger partial charge in [0.25, 0.3) is 0 Å². The van der Waals surface area contributed by atoms with Crippen molar-refractivity contribution in [3.63, 3.8) is 0 Å². The van der Waals surface area contributed by atoms with Crippen LogP contribution in [0.2, 0.25) is 5.02 Å². The molecule has 7 nitrogen and oxygen atoms in total. The van der Waals surface area contributed by atoms with Crippen LogP contribution in [0.3, 0.4) is 0 Å². The molecule has 3 rings (SSSR count). The Morgan fingerprint density at radius 1 is 1.10 bits per heavy atom. The first-order valence-electron chi connectivity index (χ1n) is 9.74. The number of carbonyl (C=O) groups is 2. The summed E-state index contributed by atoms with van der Waals surface area (Å²) < 4.78 is 10.5. The Balaban J connectivity index is 1.75. The first-order chi connectivity index (χ1) is 14.3. The second kappa shape index (κ2) is 9.26. The highest BCUT2D eigenvalue weighted by atomic mass is 35.5. The van der Waals surface area contributed by atoms with E-state index < -0.39 is 12.1 Å². The first kappa shape index (κ1) is 21.8. The molecule has 0 radical (unpaired) electrons. The lowest BCUT2D eigenvalue weighted by Crippen LogP contribution is -2.52. The number of methoxy groups -OCH3 is 2. The number of nitrogens with zero attached hydrogens (tertiary/aromatic N) is 1. The maximum absolute atomic E-state index is 13.2. The molecule has 0 saturated carbocycles. The van der Waals surface area contributed by atoms with Crippen LogP contribution in [0.15, 0.2) is 36.4 Å². The van der Waals surface area contributed by atoms with Crippen LogP contribution in [0, 0.1) is 5.92 Å². The minimum Gasteiger partial charge on any atom is -0.495 e. The van der Waals surface area contributed by atoms with Crippen LogP contribution in [-0.2, 0) is 11.2 Å². The molecule has 0 unspecified atom stereocenters. The van der Waals surface area contributed by atoms with Crippen molar-refractivity contribution in [1.29, 1.82) is 0 Å². The Labute approximate surface area is 181 Å². The number of fused-ring (bicyclic) bond motifs is 1. The predicted octanol–water partition coefficient (Wildman–Crippen LogP) is 4.09. The van der Waals surface area contributed by atoms with Gasteiger partial charge in [0.2, 0.25) is 5.91 Å². The van der Waals surface area contributed by atoms with E-state index in [0.29, 0.717) is 28.8 Å². The number of hydrogen-bond acceptors (Lipinski definition) is 4. The second-order valence-corrected chi connectivity index (χ2v) is 7.78. The lowest BCUT2D eigenvalue weighted by atomic mass is 10.0. The molecule has 0 saturated heterocycles. The zero-order valence-electron chi connectivity index (χ0n) is 17.5. The second-order valence-electron chi connectivity index (χ2n) is 7.38. The van der Waals surface area contributed by atoms with Gasteiger partial charge in [0.05, 0.1) is 24.9 Å². The maximum atomic E-state index is 13.2. The van der Waals surface area contributed by atoms with E-state index in [1.165, 1.54) is 14.2 Å². The van der Waals surface area contributed by atoms with Crippen LogP contribution in [0.1, 0.15) is 19.4 Å². The number of hydrogen-bond donors (Lipinski definition) is 2. The van der Waals surface area contributed by atoms with Gasteiger partial charge in [-0.25, -0.2) is 4.79 Å². The highest BCUT2D eigenvalue weighted by Gasteiger charge is 2.33. The summed E-state index contributed by atoms with van der Waals surface area (Å²) in [4.78, 5) is 27.7. The minimum absolute atomic E-state index is 0.0997. The summed E-state index contributed by atoms with van der Waals surface area (Å²) in [7, 11) is 2.98. The van der Waals surface area contributed by atoms with Crippen molar-refractivity contribution in [2.75, 3.05) is 31.0 Å². The topological polar surface area (TPSA) is 79.9 Å². The first-order valence-corrected chi connectivity index (χ1v) is 10.1. The van der Waals surface area contributed by atoms with Gasteiger partial charge in [-0.3, -0.25) is 4.79 Å². The smallest absolute Gasteiger partial charge is 0.320 e. The van der Waals surface area contributed by atoms with Crippen molar-refractivity contribution in [1.82, 2.24) is 5.32 Å². The minimum atomic E-state index is -0.684. The average Bonchev–Trinajstić information content (AvgIpc) is 3.15. The summed E-state index contributed by atoms with van der Waals surface area (Å²) in [5.74, 6) is 0.594. The van der Waals surface area contributed by atoms with E-state index in [9.17, 15) is 9.59 Å². The summed E-state index contributed by atoms with van der Waals surface area (Å²) in [6.07, 6.45) is 0.806. The summed E-state index contributed by atoms with van der Waals surface area (Å²) in [6, 6.07) is 9.76. The lowest BCUT2D eigenvalue weighted by Gasteiger charge is -2.27. The number of halogens is 1. The fourth-order valence-corrected chi connectivity index (χ4v) is 3.75. The molecule has 1 heterocycles. The Bertz CT molecular complexity index is 948. The van der Waals surface area contributed by atoms with Crippen LogP contribution in [0.25, 0.3) is 0 Å². The fraction of sp³-hybridized carbons (Fsp3) is 0.364. The number of anilines is 2. The highest BCUT2D eigenvalue weighted by molar-refractivity contribution is 6.32. The van der Waals surface area contributed by atoms with Gasteiger partial charge < -0.3 is 25.0 Å². The number of ether oxygens (including phenoxy) is 2. The molecule has 0 aromatic heterocycles. The van der Waals surface area contributed by atoms with E-state index in [4.69, 9.17) is 21.1 Å². The Kier molecular flexibility index (Phi) is 6.72. The predicted molar refractivity (Wildman–Crippen MR) is 118 cm³/mol. The molecule has 0 fully saturated rings. The molecule has 8 heteroatoms. The molecule has 3 amide bonds. The zero-order valence-corrected chi connectivity index (χ0v) is 18.2. The van der Waals surface area contributed by atoms with Gasteiger partial charge in [0.1, 0.15) is 17.5 Å². The van der Waals surface area contributed by atoms with Gasteiger partial charge in [-0.05, 0) is 30.0 Å². The van der Waals surface area contributed by atoms with E-state index in [2.05, 4.69) is 10.6 Å². The number of carbonyl (C=O) groups excluding carboxylic acids is 2. The number of rotatable bonds is 6. The summed E-state index contributed by atoms with van der Waals surface area (Å²) in [5.41, 5.74) is 2.41.